The molecule has 0 radical (unpaired) electrons. The molecule has 2 aromatic rings. The van der Waals surface area contributed by atoms with Crippen LogP contribution in [0.15, 0.2) is 22.5 Å². The van der Waals surface area contributed by atoms with Gasteiger partial charge in [-0.1, -0.05) is 0 Å². The average Bonchev–Trinajstić information content (AvgIpc) is 2.97. The molecule has 0 aliphatic rings. The third-order valence-electron chi connectivity index (χ3n) is 3.02. The normalized spacial score (nSPS) is 11.3. The van der Waals surface area contributed by atoms with Gasteiger partial charge in [-0.3, -0.25) is 9.52 Å². The van der Waals surface area contributed by atoms with Crippen molar-refractivity contribution >= 4 is 38.1 Å². The van der Waals surface area contributed by atoms with Crippen LogP contribution in [0.5, 0.6) is 0 Å². The highest BCUT2D eigenvalue weighted by Crippen LogP contribution is 2.26. The summed E-state index contributed by atoms with van der Waals surface area (Å²) < 4.78 is 54.4. The second-order valence-electron chi connectivity index (χ2n) is 4.73. The number of carboxylic acid groups (broad SMARTS) is 1. The fraction of sp³-hybridized carbons (Fsp3) is 0.154. The third kappa shape index (κ3) is 4.15. The molecule has 0 aliphatic carbocycles. The van der Waals surface area contributed by atoms with E-state index < -0.39 is 62.5 Å². The Morgan fingerprint density at radius 3 is 2.40 bits per heavy atom. The van der Waals surface area contributed by atoms with Crippen LogP contribution in [0.3, 0.4) is 0 Å². The van der Waals surface area contributed by atoms with E-state index in [9.17, 15) is 26.8 Å². The molecule has 0 fully saturated rings. The van der Waals surface area contributed by atoms with Crippen LogP contribution in [0.4, 0.5) is 13.8 Å². The molecule has 12 heteroatoms. The molecule has 1 heterocycles. The first-order valence-corrected chi connectivity index (χ1v) is 8.91. The van der Waals surface area contributed by atoms with E-state index in [2.05, 4.69) is 4.98 Å². The van der Waals surface area contributed by atoms with Crippen LogP contribution in [0, 0.1) is 11.6 Å². The van der Waals surface area contributed by atoms with Gasteiger partial charge in [-0.2, -0.15) is 0 Å². The summed E-state index contributed by atoms with van der Waals surface area (Å²) in [6.45, 7) is -0.413. The maximum Gasteiger partial charge on any atom is 0.357 e. The van der Waals surface area contributed by atoms with Crippen molar-refractivity contribution in [1.82, 2.24) is 4.98 Å². The Labute approximate surface area is 144 Å². The van der Waals surface area contributed by atoms with Crippen LogP contribution >= 0.6 is 11.3 Å². The van der Waals surface area contributed by atoms with Gasteiger partial charge in [0.2, 0.25) is 0 Å². The molecule has 0 unspecified atom stereocenters. The van der Waals surface area contributed by atoms with Crippen LogP contribution < -0.4 is 10.5 Å². The number of aromatic carboxylic acids is 1. The Bertz CT molecular complexity index is 920. The van der Waals surface area contributed by atoms with E-state index in [1.807, 2.05) is 4.72 Å². The van der Waals surface area contributed by atoms with Gasteiger partial charge >= 0.3 is 5.97 Å². The Hall–Kier alpha value is -2.44. The number of carbonyl (C=O) groups excluding carboxylic acids is 1. The highest BCUT2D eigenvalue weighted by atomic mass is 32.2. The molecule has 0 aliphatic heterocycles. The third-order valence-corrected chi connectivity index (χ3v) is 5.22. The second-order valence-corrected chi connectivity index (χ2v) is 7.26. The Morgan fingerprint density at radius 1 is 1.28 bits per heavy atom. The largest absolute Gasteiger partial charge is 0.476 e. The van der Waals surface area contributed by atoms with Crippen molar-refractivity contribution in [3.63, 3.8) is 0 Å². The summed E-state index contributed by atoms with van der Waals surface area (Å²) in [4.78, 5) is 24.9. The lowest BCUT2D eigenvalue weighted by atomic mass is 10.1. The number of ketones is 1. The lowest BCUT2D eigenvalue weighted by Gasteiger charge is -2.10. The number of sulfonamides is 1. The van der Waals surface area contributed by atoms with Crippen molar-refractivity contribution in [3.8, 4) is 0 Å². The Balaban J connectivity index is 2.38. The van der Waals surface area contributed by atoms with Crippen molar-refractivity contribution in [2.45, 2.75) is 11.3 Å². The quantitative estimate of drug-likeness (QED) is 0.639. The molecule has 134 valence electrons. The van der Waals surface area contributed by atoms with E-state index in [1.54, 1.807) is 0 Å². The molecule has 0 saturated heterocycles. The van der Waals surface area contributed by atoms with Gasteiger partial charge in [-0.05, 0) is 12.1 Å². The summed E-state index contributed by atoms with van der Waals surface area (Å²) >= 11 is 0.694. The molecule has 0 atom stereocenters. The van der Waals surface area contributed by atoms with Crippen molar-refractivity contribution in [2.75, 3.05) is 11.3 Å². The van der Waals surface area contributed by atoms with Crippen LogP contribution in [0.25, 0.3) is 0 Å². The van der Waals surface area contributed by atoms with Crippen LogP contribution in [0.1, 0.15) is 16.1 Å². The van der Waals surface area contributed by atoms with Gasteiger partial charge in [0.25, 0.3) is 10.0 Å². The monoisotopic (exact) mass is 391 g/mol. The standard InChI is InChI=1S/C13H11F2N3O5S2/c14-9-2-7(3-10(15)8(9)1-6(19)4-16)25(22,23)18-12-11(13(20)21)17-5-24-12/h2-3,5,18H,1,4,16H2,(H,20,21). The molecule has 25 heavy (non-hydrogen) atoms. The highest BCUT2D eigenvalue weighted by Gasteiger charge is 2.24. The maximum absolute atomic E-state index is 14.0. The Morgan fingerprint density at radius 2 is 1.88 bits per heavy atom. The van der Waals surface area contributed by atoms with Crippen molar-refractivity contribution in [2.24, 2.45) is 5.73 Å². The maximum atomic E-state index is 14.0. The topological polar surface area (TPSA) is 139 Å². The zero-order chi connectivity index (χ0) is 18.8. The Kier molecular flexibility index (Phi) is 5.45. The lowest BCUT2D eigenvalue weighted by molar-refractivity contribution is -0.117. The summed E-state index contributed by atoms with van der Waals surface area (Å²) in [5, 5.41) is 8.59. The van der Waals surface area contributed by atoms with Crippen LogP contribution in [0.2, 0.25) is 0 Å². The fourth-order valence-corrected chi connectivity index (χ4v) is 3.84. The number of Topliss-reactive ketones (excluding diaryl/α,β-unsaturated/α-hetero) is 1. The number of benzene rings is 1. The molecule has 0 saturated carbocycles. The molecule has 0 amide bonds. The van der Waals surface area contributed by atoms with Crippen LogP contribution in [-0.4, -0.2) is 36.8 Å². The first-order valence-electron chi connectivity index (χ1n) is 6.55. The summed E-state index contributed by atoms with van der Waals surface area (Å²) in [6, 6.07) is 1.07. The van der Waals surface area contributed by atoms with Crippen molar-refractivity contribution < 1.29 is 31.9 Å². The molecule has 0 bridgehead atoms. The van der Waals surface area contributed by atoms with Gasteiger partial charge in [-0.15, -0.1) is 11.3 Å². The van der Waals surface area contributed by atoms with Gasteiger partial charge in [0.15, 0.2) is 11.5 Å². The predicted molar refractivity (Wildman–Crippen MR) is 84.0 cm³/mol. The smallest absolute Gasteiger partial charge is 0.357 e. The number of anilines is 1. The van der Waals surface area contributed by atoms with E-state index in [-0.39, 0.29) is 5.00 Å². The molecule has 8 nitrogen and oxygen atoms in total. The van der Waals surface area contributed by atoms with Gasteiger partial charge in [0.1, 0.15) is 16.6 Å². The molecule has 1 aromatic carbocycles. The number of aromatic nitrogens is 1. The SMILES string of the molecule is NCC(=O)Cc1c(F)cc(S(=O)(=O)Nc2scnc2C(=O)O)cc1F. The summed E-state index contributed by atoms with van der Waals surface area (Å²) in [6.07, 6.45) is -0.611. The minimum atomic E-state index is -4.47. The summed E-state index contributed by atoms with van der Waals surface area (Å²) in [5.41, 5.74) is 5.04. The lowest BCUT2D eigenvalue weighted by Crippen LogP contribution is -2.19. The number of rotatable bonds is 7. The number of carboxylic acids is 1. The number of nitrogens with zero attached hydrogens (tertiary/aromatic N) is 1. The minimum Gasteiger partial charge on any atom is -0.476 e. The molecular formula is C13H11F2N3O5S2. The van der Waals surface area contributed by atoms with E-state index in [0.29, 0.717) is 23.5 Å². The molecule has 2 rings (SSSR count). The zero-order valence-electron chi connectivity index (χ0n) is 12.3. The van der Waals surface area contributed by atoms with Crippen molar-refractivity contribution in [3.05, 3.63) is 40.5 Å². The predicted octanol–water partition coefficient (Wildman–Crippen LogP) is 0.991. The summed E-state index contributed by atoms with van der Waals surface area (Å²) in [7, 11) is -4.47. The van der Waals surface area contributed by atoms with E-state index in [0.717, 1.165) is 5.51 Å². The van der Waals surface area contributed by atoms with Gasteiger partial charge in [0, 0.05) is 12.0 Å². The second kappa shape index (κ2) is 7.21. The number of halogens is 2. The first kappa shape index (κ1) is 18.9. The van der Waals surface area contributed by atoms with Crippen molar-refractivity contribution in [1.29, 1.82) is 0 Å². The fourth-order valence-electron chi connectivity index (χ4n) is 1.83. The molecular weight excluding hydrogens is 380 g/mol. The van der Waals surface area contributed by atoms with Gasteiger partial charge in [-0.25, -0.2) is 27.0 Å². The number of thiazole rings is 1. The van der Waals surface area contributed by atoms with E-state index in [1.165, 1.54) is 0 Å². The van der Waals surface area contributed by atoms with E-state index in [4.69, 9.17) is 10.8 Å². The molecule has 0 spiro atoms. The number of nitrogens with two attached hydrogens (primary N) is 1. The van der Waals surface area contributed by atoms with Crippen LogP contribution in [-0.2, 0) is 21.2 Å². The highest BCUT2D eigenvalue weighted by molar-refractivity contribution is 7.93. The first-order chi connectivity index (χ1) is 11.7. The van der Waals surface area contributed by atoms with E-state index >= 15 is 0 Å². The average molecular weight is 391 g/mol. The summed E-state index contributed by atoms with van der Waals surface area (Å²) in [5.74, 6) is -4.55. The number of carbonyl (C=O) groups is 2. The number of nitrogens with one attached hydrogen (secondary N) is 1. The molecule has 1 aromatic heterocycles. The number of hydrogen-bond acceptors (Lipinski definition) is 7. The molecule has 4 N–H and O–H groups in total. The minimum absolute atomic E-state index is 0.310. The number of hydrogen-bond donors (Lipinski definition) is 3. The van der Waals surface area contributed by atoms with Gasteiger partial charge < -0.3 is 10.8 Å². The van der Waals surface area contributed by atoms with Gasteiger partial charge in [0.05, 0.1) is 17.0 Å². The zero-order valence-corrected chi connectivity index (χ0v) is 14.0.